The van der Waals surface area contributed by atoms with Crippen LogP contribution < -0.4 is 16.4 Å². The van der Waals surface area contributed by atoms with Crippen molar-refractivity contribution in [3.63, 3.8) is 0 Å². The number of anilines is 1. The molecule has 0 aliphatic rings. The topological polar surface area (TPSA) is 93.4 Å². The van der Waals surface area contributed by atoms with Crippen LogP contribution in [0.2, 0.25) is 0 Å². The normalized spacial score (nSPS) is 11.5. The number of para-hydroxylation sites is 1. The van der Waals surface area contributed by atoms with Crippen LogP contribution >= 0.6 is 12.4 Å². The van der Waals surface area contributed by atoms with Crippen LogP contribution in [0.25, 0.3) is 0 Å². The number of hydrogen-bond donors (Lipinski definition) is 3. The number of ether oxygens (including phenoxy) is 1. The van der Waals surface area contributed by atoms with Gasteiger partial charge in [-0.1, -0.05) is 26.0 Å². The molecule has 0 radical (unpaired) electrons. The van der Waals surface area contributed by atoms with Crippen LogP contribution in [0, 0.1) is 5.92 Å². The summed E-state index contributed by atoms with van der Waals surface area (Å²) in [6.45, 7) is 4.67. The van der Waals surface area contributed by atoms with Gasteiger partial charge in [-0.2, -0.15) is 0 Å². The zero-order chi connectivity index (χ0) is 15.8. The number of hydrogen-bond acceptors (Lipinski definition) is 4. The number of methoxy groups -OCH3 is 1. The van der Waals surface area contributed by atoms with E-state index in [0.717, 1.165) is 0 Å². The first-order valence-corrected chi connectivity index (χ1v) is 6.90. The molecule has 0 saturated heterocycles. The highest BCUT2D eigenvalue weighted by molar-refractivity contribution is 6.04. The van der Waals surface area contributed by atoms with Gasteiger partial charge in [-0.25, -0.2) is 0 Å². The Hall–Kier alpha value is -1.63. The summed E-state index contributed by atoms with van der Waals surface area (Å²) < 4.78 is 4.98. The van der Waals surface area contributed by atoms with Crippen molar-refractivity contribution in [3.8, 4) is 0 Å². The van der Waals surface area contributed by atoms with E-state index in [1.54, 1.807) is 24.3 Å². The molecule has 0 aromatic heterocycles. The fraction of sp³-hybridized carbons (Fsp3) is 0.467. The molecular weight excluding hydrogens is 306 g/mol. The number of amides is 2. The summed E-state index contributed by atoms with van der Waals surface area (Å²) in [5, 5.41) is 5.50. The van der Waals surface area contributed by atoms with Crippen LogP contribution in [0.4, 0.5) is 5.69 Å². The van der Waals surface area contributed by atoms with Crippen molar-refractivity contribution < 1.29 is 14.3 Å². The molecule has 0 saturated carbocycles. The van der Waals surface area contributed by atoms with E-state index in [-0.39, 0.29) is 30.8 Å². The third-order valence-corrected chi connectivity index (χ3v) is 2.89. The lowest BCUT2D eigenvalue weighted by molar-refractivity contribution is -0.125. The van der Waals surface area contributed by atoms with Gasteiger partial charge in [-0.05, 0) is 18.1 Å². The molecule has 1 rings (SSSR count). The number of nitrogens with two attached hydrogens (primary N) is 1. The van der Waals surface area contributed by atoms with Crippen LogP contribution in [-0.2, 0) is 9.53 Å². The van der Waals surface area contributed by atoms with Gasteiger partial charge in [0.15, 0.2) is 0 Å². The summed E-state index contributed by atoms with van der Waals surface area (Å²) in [4.78, 5) is 24.1. The maximum atomic E-state index is 12.1. The molecule has 124 valence electrons. The molecule has 6 nitrogen and oxygen atoms in total. The van der Waals surface area contributed by atoms with Gasteiger partial charge >= 0.3 is 0 Å². The minimum Gasteiger partial charge on any atom is -0.370 e. The zero-order valence-corrected chi connectivity index (χ0v) is 13.9. The van der Waals surface area contributed by atoms with Gasteiger partial charge in [-0.3, -0.25) is 9.59 Å². The molecule has 1 aromatic rings. The summed E-state index contributed by atoms with van der Waals surface area (Å²) in [6.07, 6.45) is -0.739. The first-order valence-electron chi connectivity index (χ1n) is 6.90. The molecule has 2 amide bonds. The van der Waals surface area contributed by atoms with Gasteiger partial charge in [0.05, 0.1) is 11.3 Å². The van der Waals surface area contributed by atoms with Crippen molar-refractivity contribution in [2.24, 2.45) is 11.7 Å². The van der Waals surface area contributed by atoms with Gasteiger partial charge in [0.2, 0.25) is 0 Å². The summed E-state index contributed by atoms with van der Waals surface area (Å²) in [5.41, 5.74) is 6.31. The van der Waals surface area contributed by atoms with E-state index in [1.165, 1.54) is 7.11 Å². The Labute approximate surface area is 137 Å². The summed E-state index contributed by atoms with van der Waals surface area (Å²) in [5.74, 6) is -0.240. The van der Waals surface area contributed by atoms with Gasteiger partial charge in [0.1, 0.15) is 6.10 Å². The third-order valence-electron chi connectivity index (χ3n) is 2.89. The third kappa shape index (κ3) is 6.01. The number of rotatable bonds is 7. The molecule has 0 spiro atoms. The lowest BCUT2D eigenvalue weighted by Crippen LogP contribution is -2.36. The molecule has 0 aliphatic heterocycles. The van der Waals surface area contributed by atoms with Crippen LogP contribution in [0.5, 0.6) is 0 Å². The highest BCUT2D eigenvalue weighted by Crippen LogP contribution is 2.15. The fourth-order valence-corrected chi connectivity index (χ4v) is 1.71. The summed E-state index contributed by atoms with van der Waals surface area (Å²) in [7, 11) is 1.42. The predicted octanol–water partition coefficient (Wildman–Crippen LogP) is 1.41. The maximum absolute atomic E-state index is 12.1. The van der Waals surface area contributed by atoms with Crippen LogP contribution in [0.3, 0.4) is 0 Å². The molecule has 7 heteroatoms. The average Bonchev–Trinajstić information content (AvgIpc) is 2.46. The van der Waals surface area contributed by atoms with E-state index in [1.807, 2.05) is 13.8 Å². The van der Waals surface area contributed by atoms with Crippen molar-refractivity contribution in [2.75, 3.05) is 25.5 Å². The second kappa shape index (κ2) is 10.2. The average molecular weight is 330 g/mol. The largest absolute Gasteiger partial charge is 0.370 e. The number of carbonyl (C=O) groups excluding carboxylic acids is 2. The lowest BCUT2D eigenvalue weighted by atomic mass is 10.1. The number of halogens is 1. The quantitative estimate of drug-likeness (QED) is 0.705. The van der Waals surface area contributed by atoms with E-state index in [2.05, 4.69) is 10.6 Å². The maximum Gasteiger partial charge on any atom is 0.254 e. The van der Waals surface area contributed by atoms with Crippen LogP contribution in [-0.4, -0.2) is 38.1 Å². The standard InChI is InChI=1S/C15H23N3O3.ClH/c1-10(2)9-17-14(19)11-6-4-5-7-12(11)18-15(20)13(8-16)21-3;/h4-7,10,13H,8-9,16H2,1-3H3,(H,17,19)(H,18,20);1H. The number of carbonyl (C=O) groups is 2. The molecule has 1 unspecified atom stereocenters. The van der Waals surface area contributed by atoms with E-state index in [9.17, 15) is 9.59 Å². The smallest absolute Gasteiger partial charge is 0.254 e. The minimum absolute atomic E-state index is 0. The van der Waals surface area contributed by atoms with E-state index >= 15 is 0 Å². The monoisotopic (exact) mass is 329 g/mol. The van der Waals surface area contributed by atoms with Crippen LogP contribution in [0.1, 0.15) is 24.2 Å². The Kier molecular flexibility index (Phi) is 9.40. The van der Waals surface area contributed by atoms with Gasteiger partial charge < -0.3 is 21.1 Å². The molecule has 0 bridgehead atoms. The first-order chi connectivity index (χ1) is 9.99. The lowest BCUT2D eigenvalue weighted by Gasteiger charge is -2.16. The second-order valence-electron chi connectivity index (χ2n) is 5.10. The predicted molar refractivity (Wildman–Crippen MR) is 89.3 cm³/mol. The van der Waals surface area contributed by atoms with E-state index in [0.29, 0.717) is 23.7 Å². The molecule has 1 aromatic carbocycles. The Morgan fingerprint density at radius 3 is 2.45 bits per heavy atom. The van der Waals surface area contributed by atoms with Gasteiger partial charge in [-0.15, -0.1) is 12.4 Å². The highest BCUT2D eigenvalue weighted by atomic mass is 35.5. The van der Waals surface area contributed by atoms with Crippen molar-refractivity contribution >= 4 is 29.9 Å². The second-order valence-corrected chi connectivity index (χ2v) is 5.10. The van der Waals surface area contributed by atoms with Gasteiger partial charge in [0, 0.05) is 20.2 Å². The Morgan fingerprint density at radius 1 is 1.27 bits per heavy atom. The fourth-order valence-electron chi connectivity index (χ4n) is 1.71. The molecular formula is C15H24ClN3O3. The van der Waals surface area contributed by atoms with Crippen LogP contribution in [0.15, 0.2) is 24.3 Å². The van der Waals surface area contributed by atoms with Crippen molar-refractivity contribution in [1.29, 1.82) is 0 Å². The minimum atomic E-state index is -0.739. The SMILES string of the molecule is COC(CN)C(=O)Nc1ccccc1C(=O)NCC(C)C.Cl. The van der Waals surface area contributed by atoms with Crippen molar-refractivity contribution in [1.82, 2.24) is 5.32 Å². The summed E-state index contributed by atoms with van der Waals surface area (Å²) >= 11 is 0. The van der Waals surface area contributed by atoms with E-state index < -0.39 is 6.10 Å². The highest BCUT2D eigenvalue weighted by Gasteiger charge is 2.18. The summed E-state index contributed by atoms with van der Waals surface area (Å²) in [6, 6.07) is 6.83. The van der Waals surface area contributed by atoms with Gasteiger partial charge in [0.25, 0.3) is 11.8 Å². The van der Waals surface area contributed by atoms with Crippen molar-refractivity contribution in [2.45, 2.75) is 20.0 Å². The zero-order valence-electron chi connectivity index (χ0n) is 13.1. The van der Waals surface area contributed by atoms with E-state index in [4.69, 9.17) is 10.5 Å². The molecule has 22 heavy (non-hydrogen) atoms. The molecule has 1 atom stereocenters. The first kappa shape index (κ1) is 20.4. The number of nitrogens with one attached hydrogen (secondary N) is 2. The van der Waals surface area contributed by atoms with Crippen molar-refractivity contribution in [3.05, 3.63) is 29.8 Å². The Bertz CT molecular complexity index is 491. The Morgan fingerprint density at radius 2 is 1.91 bits per heavy atom. The number of benzene rings is 1. The molecule has 4 N–H and O–H groups in total. The molecule has 0 heterocycles. The Balaban J connectivity index is 0.00000441. The molecule has 0 fully saturated rings. The molecule has 0 aliphatic carbocycles.